The predicted octanol–water partition coefficient (Wildman–Crippen LogP) is 12.7. The summed E-state index contributed by atoms with van der Waals surface area (Å²) in [5.41, 5.74) is 16.5. The number of nitrogens with zero attached hydrogens (tertiary/aromatic N) is 12. The molecule has 1 aliphatic carbocycles. The molecule has 10 heterocycles. The van der Waals surface area contributed by atoms with Crippen LogP contribution in [0.15, 0.2) is 220 Å². The molecule has 13 rings (SSSR count). The number of aromatic nitrogens is 12. The van der Waals surface area contributed by atoms with Crippen LogP contribution in [0.2, 0.25) is 0 Å². The van der Waals surface area contributed by atoms with E-state index in [1.54, 1.807) is 74.4 Å². The van der Waals surface area contributed by atoms with Crippen molar-refractivity contribution in [2.75, 3.05) is 0 Å². The second-order valence-electron chi connectivity index (χ2n) is 16.7. The van der Waals surface area contributed by atoms with Gasteiger partial charge in [0.2, 0.25) is 0 Å². The van der Waals surface area contributed by atoms with Gasteiger partial charge in [0.25, 0.3) is 0 Å². The molecule has 0 radical (unpaired) electrons. The molecule has 0 unspecified atom stereocenters. The Hall–Kier alpha value is -10.2. The summed E-state index contributed by atoms with van der Waals surface area (Å²) >= 11 is 0. The Bertz CT molecular complexity index is 3410. The first-order valence-electron chi connectivity index (χ1n) is 23.3. The van der Waals surface area contributed by atoms with E-state index in [-0.39, 0.29) is 0 Å². The van der Waals surface area contributed by atoms with Crippen molar-refractivity contribution in [3.8, 4) is 135 Å². The molecule has 0 amide bonds. The molecule has 12 aromatic rings. The molecule has 0 N–H and O–H groups in total. The van der Waals surface area contributed by atoms with E-state index in [0.29, 0.717) is 90.6 Å². The number of benzene rings is 2. The molecule has 2 aromatic carbocycles. The molecule has 0 saturated carbocycles. The molecule has 336 valence electrons. The monoisotopic (exact) mass is 924 g/mol. The zero-order chi connectivity index (χ0) is 47.8. The highest BCUT2D eigenvalue weighted by Crippen LogP contribution is 2.61. The Balaban J connectivity index is 1.36. The van der Waals surface area contributed by atoms with Crippen molar-refractivity contribution in [2.45, 2.75) is 0 Å². The van der Waals surface area contributed by atoms with Crippen LogP contribution < -0.4 is 0 Å². The van der Waals surface area contributed by atoms with E-state index in [4.69, 9.17) is 59.8 Å². The summed E-state index contributed by atoms with van der Waals surface area (Å²) in [7, 11) is 0. The van der Waals surface area contributed by atoms with E-state index in [9.17, 15) is 0 Å². The molecular weight excluding hydrogens is 889 g/mol. The Kier molecular flexibility index (Phi) is 10.5. The topological polar surface area (TPSA) is 155 Å². The molecule has 72 heavy (non-hydrogen) atoms. The van der Waals surface area contributed by atoms with Crippen LogP contribution >= 0.6 is 0 Å². The summed E-state index contributed by atoms with van der Waals surface area (Å²) in [5, 5.41) is 0. The molecule has 0 fully saturated rings. The van der Waals surface area contributed by atoms with E-state index in [0.717, 1.165) is 44.5 Å². The summed E-state index contributed by atoms with van der Waals surface area (Å²) in [6, 6.07) is 47.4. The largest absolute Gasteiger partial charge is 0.256 e. The summed E-state index contributed by atoms with van der Waals surface area (Å²) in [6.45, 7) is 0. The Morgan fingerprint density at radius 2 is 0.292 bits per heavy atom. The van der Waals surface area contributed by atoms with Gasteiger partial charge in [0.05, 0.1) is 68.3 Å². The molecule has 0 saturated heterocycles. The minimum atomic E-state index is 0.550. The van der Waals surface area contributed by atoms with Crippen LogP contribution in [0.3, 0.4) is 0 Å². The average molecular weight is 925 g/mol. The highest BCUT2D eigenvalue weighted by atomic mass is 14.9. The smallest absolute Gasteiger partial charge is 0.0979 e. The number of rotatable bonds is 8. The maximum absolute atomic E-state index is 5.45. The van der Waals surface area contributed by atoms with Crippen LogP contribution in [0, 0.1) is 0 Å². The molecule has 0 aliphatic heterocycles. The lowest BCUT2D eigenvalue weighted by atomic mass is 9.73. The van der Waals surface area contributed by atoms with Gasteiger partial charge >= 0.3 is 0 Å². The molecule has 1 aliphatic rings. The Labute approximate surface area is 413 Å². The van der Waals surface area contributed by atoms with E-state index in [1.807, 2.05) is 146 Å². The van der Waals surface area contributed by atoms with Gasteiger partial charge in [0, 0.05) is 141 Å². The summed E-state index contributed by atoms with van der Waals surface area (Å²) in [6.07, 6.45) is 21.4. The summed E-state index contributed by atoms with van der Waals surface area (Å²) in [4.78, 5) is 62.8. The van der Waals surface area contributed by atoms with Gasteiger partial charge in [0.15, 0.2) is 0 Å². The van der Waals surface area contributed by atoms with Gasteiger partial charge in [-0.25, -0.2) is 0 Å². The second-order valence-corrected chi connectivity index (χ2v) is 16.7. The van der Waals surface area contributed by atoms with E-state index in [1.165, 1.54) is 0 Å². The SMILES string of the molecule is c1ccc(-c2c(-c3ccccn3)c(-c3ccccn3)c3c(c2-c2ccccn2)-c2nccnc2-c2c(-c4ccccn4)c(-c4ccccn4)c(-c4ccccn4)c(-c4ccccn4)c2-c2nccnc2-3)nc1. The standard InChI is InChI=1S/C60H36N12/c1-9-25-61-37(17-1)45-46(38-18-2-10-26-62-38)50(42-22-6-14-30-66-42)54-53(49(45)41-21-5-13-29-65-41)57-59(71-34-33-69-57)55-51(43-23-7-15-31-67-43)47(39-19-3-11-27-63-39)48(40-20-4-12-28-64-40)52(44-24-8-16-32-68-44)56(55)60-58(54)70-35-36-72-60/h1-36H. The number of hydrogen-bond donors (Lipinski definition) is 0. The lowest BCUT2D eigenvalue weighted by Crippen LogP contribution is -2.12. The molecule has 12 heteroatoms. The van der Waals surface area contributed by atoms with Gasteiger partial charge < -0.3 is 0 Å². The summed E-state index contributed by atoms with van der Waals surface area (Å²) in [5.74, 6) is 0. The Morgan fingerprint density at radius 1 is 0.139 bits per heavy atom. The van der Waals surface area contributed by atoms with Gasteiger partial charge in [-0.1, -0.05) is 48.5 Å². The third-order valence-electron chi connectivity index (χ3n) is 12.7. The molecular formula is C60H36N12. The first-order chi connectivity index (χ1) is 35.8. The normalized spacial score (nSPS) is 11.3. The zero-order valence-corrected chi connectivity index (χ0v) is 38.2. The first kappa shape index (κ1) is 41.9. The van der Waals surface area contributed by atoms with Crippen molar-refractivity contribution >= 4 is 0 Å². The van der Waals surface area contributed by atoms with Gasteiger partial charge in [-0.3, -0.25) is 59.8 Å². The fourth-order valence-corrected chi connectivity index (χ4v) is 9.99. The highest BCUT2D eigenvalue weighted by Gasteiger charge is 2.40. The third kappa shape index (κ3) is 7.01. The Morgan fingerprint density at radius 3 is 0.431 bits per heavy atom. The molecule has 12 nitrogen and oxygen atoms in total. The maximum atomic E-state index is 5.45. The van der Waals surface area contributed by atoms with Gasteiger partial charge in [-0.15, -0.1) is 0 Å². The predicted molar refractivity (Wildman–Crippen MR) is 279 cm³/mol. The minimum absolute atomic E-state index is 0.550. The molecule has 0 bridgehead atoms. The fraction of sp³-hybridized carbons (Fsp3) is 0. The third-order valence-corrected chi connectivity index (χ3v) is 12.7. The van der Waals surface area contributed by atoms with Gasteiger partial charge in [-0.2, -0.15) is 0 Å². The number of pyridine rings is 8. The van der Waals surface area contributed by atoms with Crippen LogP contribution in [0.4, 0.5) is 0 Å². The maximum Gasteiger partial charge on any atom is 0.0979 e. The number of hydrogen-bond acceptors (Lipinski definition) is 12. The van der Waals surface area contributed by atoms with Crippen LogP contribution in [0.5, 0.6) is 0 Å². The van der Waals surface area contributed by atoms with Crippen molar-refractivity contribution in [3.63, 3.8) is 0 Å². The fourth-order valence-electron chi connectivity index (χ4n) is 9.99. The molecule has 10 aromatic heterocycles. The highest BCUT2D eigenvalue weighted by molar-refractivity contribution is 6.21. The van der Waals surface area contributed by atoms with Crippen LogP contribution in [0.25, 0.3) is 135 Å². The molecule has 0 spiro atoms. The van der Waals surface area contributed by atoms with Gasteiger partial charge in [0.1, 0.15) is 0 Å². The second kappa shape index (κ2) is 18.0. The number of fused-ring (bicyclic) bond motifs is 8. The van der Waals surface area contributed by atoms with Crippen molar-refractivity contribution in [2.24, 2.45) is 0 Å². The average Bonchev–Trinajstić information content (AvgIpc) is 3.47. The van der Waals surface area contributed by atoms with Crippen molar-refractivity contribution in [1.82, 2.24) is 59.8 Å². The van der Waals surface area contributed by atoms with Gasteiger partial charge in [-0.05, 0) is 97.1 Å². The molecule has 0 atom stereocenters. The van der Waals surface area contributed by atoms with E-state index in [2.05, 4.69) is 0 Å². The van der Waals surface area contributed by atoms with E-state index < -0.39 is 0 Å². The zero-order valence-electron chi connectivity index (χ0n) is 38.2. The first-order valence-corrected chi connectivity index (χ1v) is 23.3. The van der Waals surface area contributed by atoms with Crippen molar-refractivity contribution in [3.05, 3.63) is 220 Å². The van der Waals surface area contributed by atoms with Crippen LogP contribution in [-0.4, -0.2) is 59.8 Å². The van der Waals surface area contributed by atoms with Crippen LogP contribution in [0.1, 0.15) is 0 Å². The van der Waals surface area contributed by atoms with Crippen LogP contribution in [-0.2, 0) is 0 Å². The quantitative estimate of drug-likeness (QED) is 0.142. The lowest BCUT2D eigenvalue weighted by molar-refractivity contribution is 1.17. The van der Waals surface area contributed by atoms with E-state index >= 15 is 0 Å². The van der Waals surface area contributed by atoms with Crippen molar-refractivity contribution < 1.29 is 0 Å². The summed E-state index contributed by atoms with van der Waals surface area (Å²) < 4.78 is 0. The van der Waals surface area contributed by atoms with Crippen molar-refractivity contribution in [1.29, 1.82) is 0 Å². The lowest BCUT2D eigenvalue weighted by Gasteiger charge is -2.31. The minimum Gasteiger partial charge on any atom is -0.256 e.